The molecule has 2 rings (SSSR count). The summed E-state index contributed by atoms with van der Waals surface area (Å²) in [6.45, 7) is 1.24. The average molecular weight is 367 g/mol. The second-order valence-corrected chi connectivity index (χ2v) is 5.49. The monoisotopic (exact) mass is 365 g/mol. The Bertz CT molecular complexity index is 492. The summed E-state index contributed by atoms with van der Waals surface area (Å²) in [5.41, 5.74) is 6.53. The van der Waals surface area contributed by atoms with E-state index in [-0.39, 0.29) is 29.6 Å². The van der Waals surface area contributed by atoms with E-state index in [1.54, 1.807) is 0 Å². The second-order valence-electron chi connectivity index (χ2n) is 4.64. The first kappa shape index (κ1) is 17.2. The Hall–Kier alpha value is -0.820. The lowest BCUT2D eigenvalue weighted by Gasteiger charge is -2.29. The van der Waals surface area contributed by atoms with Crippen molar-refractivity contribution in [1.29, 1.82) is 0 Å². The highest BCUT2D eigenvalue weighted by Gasteiger charge is 2.29. The highest BCUT2D eigenvalue weighted by atomic mass is 79.9. The van der Waals surface area contributed by atoms with Gasteiger partial charge in [-0.05, 0) is 46.8 Å². The number of aromatic hydroxyl groups is 1. The summed E-state index contributed by atoms with van der Waals surface area (Å²) in [5, 5.41) is 19.3. The zero-order chi connectivity index (χ0) is 14.0. The predicted molar refractivity (Wildman–Crippen MR) is 80.5 cm³/mol. The van der Waals surface area contributed by atoms with Crippen LogP contribution in [0, 0.1) is 5.92 Å². The Labute approximate surface area is 131 Å². The quantitative estimate of drug-likeness (QED) is 0.765. The van der Waals surface area contributed by atoms with Gasteiger partial charge < -0.3 is 20.7 Å². The number of ether oxygens (including phenoxy) is 1. The van der Waals surface area contributed by atoms with Gasteiger partial charge >= 0.3 is 5.97 Å². The summed E-state index contributed by atoms with van der Waals surface area (Å²) in [5.74, 6) is -1.05. The number of hydrogen-bond donors (Lipinski definition) is 3. The van der Waals surface area contributed by atoms with Gasteiger partial charge in [0.25, 0.3) is 0 Å². The number of carboxylic acids is 1. The summed E-state index contributed by atoms with van der Waals surface area (Å²) >= 11 is 3.20. The highest BCUT2D eigenvalue weighted by Crippen LogP contribution is 2.39. The van der Waals surface area contributed by atoms with Gasteiger partial charge in [-0.25, -0.2) is 4.79 Å². The molecule has 1 atom stereocenters. The number of benzene rings is 1. The number of halogens is 2. The lowest BCUT2D eigenvalue weighted by molar-refractivity contribution is 0.0575. The number of carbonyl (C=O) groups is 1. The minimum absolute atomic E-state index is 0. The van der Waals surface area contributed by atoms with Crippen LogP contribution < -0.4 is 5.73 Å². The van der Waals surface area contributed by atoms with Crippen LogP contribution in [0.15, 0.2) is 16.6 Å². The molecule has 0 spiro atoms. The summed E-state index contributed by atoms with van der Waals surface area (Å²) < 4.78 is 5.73. The van der Waals surface area contributed by atoms with Crippen LogP contribution in [0.2, 0.25) is 0 Å². The number of rotatable bonds is 3. The van der Waals surface area contributed by atoms with Crippen molar-refractivity contribution in [2.45, 2.75) is 18.9 Å². The fourth-order valence-corrected chi connectivity index (χ4v) is 2.76. The molecule has 0 aromatic heterocycles. The van der Waals surface area contributed by atoms with Crippen LogP contribution in [0.1, 0.15) is 34.8 Å². The van der Waals surface area contributed by atoms with E-state index < -0.39 is 12.0 Å². The smallest absolute Gasteiger partial charge is 0.336 e. The summed E-state index contributed by atoms with van der Waals surface area (Å²) in [6.07, 6.45) is 1.54. The normalized spacial score (nSPS) is 17.3. The largest absolute Gasteiger partial charge is 0.506 e. The number of phenolic OH excluding ortho intramolecular Hbond substituents is 1. The third-order valence-corrected chi connectivity index (χ3v) is 4.15. The Kier molecular flexibility index (Phi) is 6.26. The lowest BCUT2D eigenvalue weighted by Crippen LogP contribution is -2.29. The zero-order valence-electron chi connectivity index (χ0n) is 10.7. The molecule has 1 aliphatic heterocycles. The molecule has 20 heavy (non-hydrogen) atoms. The van der Waals surface area contributed by atoms with Gasteiger partial charge in [-0.2, -0.15) is 0 Å². The van der Waals surface area contributed by atoms with E-state index in [9.17, 15) is 15.0 Å². The number of aromatic carboxylic acids is 1. The number of phenols is 1. The van der Waals surface area contributed by atoms with E-state index >= 15 is 0 Å². The number of nitrogens with two attached hydrogens (primary N) is 1. The zero-order valence-corrected chi connectivity index (χ0v) is 13.1. The maximum absolute atomic E-state index is 11.3. The van der Waals surface area contributed by atoms with E-state index in [1.165, 1.54) is 12.1 Å². The van der Waals surface area contributed by atoms with Crippen molar-refractivity contribution in [1.82, 2.24) is 0 Å². The maximum atomic E-state index is 11.3. The second kappa shape index (κ2) is 7.26. The predicted octanol–water partition coefficient (Wildman–Crippen LogP) is 2.70. The van der Waals surface area contributed by atoms with Crippen LogP contribution in [0.3, 0.4) is 0 Å². The van der Waals surface area contributed by atoms with Gasteiger partial charge in [-0.1, -0.05) is 0 Å². The molecular formula is C13H17BrClNO4. The molecule has 7 heteroatoms. The summed E-state index contributed by atoms with van der Waals surface area (Å²) in [7, 11) is 0. The van der Waals surface area contributed by atoms with Crippen molar-refractivity contribution in [2.24, 2.45) is 11.7 Å². The van der Waals surface area contributed by atoms with Gasteiger partial charge in [0.2, 0.25) is 0 Å². The van der Waals surface area contributed by atoms with E-state index in [0.29, 0.717) is 23.2 Å². The third kappa shape index (κ3) is 3.44. The minimum atomic E-state index is -1.08. The molecule has 1 aliphatic rings. The topological polar surface area (TPSA) is 92.8 Å². The van der Waals surface area contributed by atoms with Gasteiger partial charge in [-0.15, -0.1) is 12.4 Å². The molecule has 0 radical (unpaired) electrons. The fourth-order valence-electron chi connectivity index (χ4n) is 2.42. The molecule has 1 heterocycles. The first-order valence-electron chi connectivity index (χ1n) is 6.10. The summed E-state index contributed by atoms with van der Waals surface area (Å²) in [6, 6.07) is 2.46. The van der Waals surface area contributed by atoms with Gasteiger partial charge in [0.1, 0.15) is 5.75 Å². The SMILES string of the molecule is Cl.N[C@@H](c1c(C(=O)O)ccc(Br)c1O)C1CCOCC1. The number of carboxylic acid groups (broad SMARTS) is 1. The van der Waals surface area contributed by atoms with Crippen molar-refractivity contribution in [3.05, 3.63) is 27.7 Å². The molecule has 0 saturated carbocycles. The van der Waals surface area contributed by atoms with Crippen molar-refractivity contribution in [2.75, 3.05) is 13.2 Å². The lowest BCUT2D eigenvalue weighted by atomic mass is 9.85. The first-order chi connectivity index (χ1) is 9.02. The van der Waals surface area contributed by atoms with E-state index in [0.717, 1.165) is 12.8 Å². The van der Waals surface area contributed by atoms with E-state index in [2.05, 4.69) is 15.9 Å². The third-order valence-electron chi connectivity index (χ3n) is 3.51. The van der Waals surface area contributed by atoms with Crippen LogP contribution in [-0.4, -0.2) is 29.4 Å². The van der Waals surface area contributed by atoms with Crippen LogP contribution in [0.5, 0.6) is 5.75 Å². The molecule has 112 valence electrons. The fraction of sp³-hybridized carbons (Fsp3) is 0.462. The molecule has 4 N–H and O–H groups in total. The highest BCUT2D eigenvalue weighted by molar-refractivity contribution is 9.10. The Balaban J connectivity index is 0.00000200. The molecule has 0 amide bonds. The van der Waals surface area contributed by atoms with Crippen molar-refractivity contribution in [3.8, 4) is 5.75 Å². The molecule has 1 aromatic rings. The number of hydrogen-bond acceptors (Lipinski definition) is 4. The molecule has 0 bridgehead atoms. The van der Waals surface area contributed by atoms with E-state index in [4.69, 9.17) is 10.5 Å². The molecule has 1 fully saturated rings. The van der Waals surface area contributed by atoms with Gasteiger partial charge in [0.05, 0.1) is 10.0 Å². The van der Waals surface area contributed by atoms with Crippen LogP contribution in [-0.2, 0) is 4.74 Å². The molecule has 1 saturated heterocycles. The van der Waals surface area contributed by atoms with Crippen molar-refractivity contribution < 1.29 is 19.7 Å². The average Bonchev–Trinajstić information content (AvgIpc) is 2.41. The molecule has 5 nitrogen and oxygen atoms in total. The van der Waals surface area contributed by atoms with Crippen LogP contribution in [0.25, 0.3) is 0 Å². The Morgan fingerprint density at radius 1 is 1.40 bits per heavy atom. The van der Waals surface area contributed by atoms with E-state index in [1.807, 2.05) is 0 Å². The van der Waals surface area contributed by atoms with Gasteiger partial charge in [-0.3, -0.25) is 0 Å². The van der Waals surface area contributed by atoms with Crippen LogP contribution >= 0.6 is 28.3 Å². The summed E-state index contributed by atoms with van der Waals surface area (Å²) in [4.78, 5) is 11.3. The van der Waals surface area contributed by atoms with Crippen molar-refractivity contribution >= 4 is 34.3 Å². The van der Waals surface area contributed by atoms with Gasteiger partial charge in [0, 0.05) is 24.8 Å². The molecular weight excluding hydrogens is 350 g/mol. The molecule has 1 aromatic carbocycles. The first-order valence-corrected chi connectivity index (χ1v) is 6.89. The maximum Gasteiger partial charge on any atom is 0.336 e. The molecule has 0 unspecified atom stereocenters. The Morgan fingerprint density at radius 2 is 2.00 bits per heavy atom. The van der Waals surface area contributed by atoms with Crippen LogP contribution in [0.4, 0.5) is 0 Å². The van der Waals surface area contributed by atoms with Gasteiger partial charge in [0.15, 0.2) is 0 Å². The molecule has 0 aliphatic carbocycles. The Morgan fingerprint density at radius 3 is 2.55 bits per heavy atom. The minimum Gasteiger partial charge on any atom is -0.506 e. The van der Waals surface area contributed by atoms with Crippen molar-refractivity contribution in [3.63, 3.8) is 0 Å². The standard InChI is InChI=1S/C13H16BrNO4.ClH/c14-9-2-1-8(13(17)18)10(12(9)16)11(15)7-3-5-19-6-4-7;/h1-2,7,11,16H,3-6,15H2,(H,17,18);1H/t11-;/m1./s1.